The van der Waals surface area contributed by atoms with Crippen LogP contribution in [-0.2, 0) is 4.74 Å². The number of methoxy groups -OCH3 is 2. The molecule has 0 saturated heterocycles. The lowest BCUT2D eigenvalue weighted by molar-refractivity contribution is 0.277. The molecule has 1 N–H and O–H groups in total. The van der Waals surface area contributed by atoms with Gasteiger partial charge in [0.05, 0.1) is 7.11 Å². The van der Waals surface area contributed by atoms with Crippen LogP contribution in [-0.4, -0.2) is 26.4 Å². The second kappa shape index (κ2) is 6.49. The SMILES string of the molecule is COC.COc1ccccc1O. The van der Waals surface area contributed by atoms with Crippen molar-refractivity contribution in [3.8, 4) is 11.5 Å². The first kappa shape index (κ1) is 10.8. The Morgan fingerprint density at radius 1 is 1.08 bits per heavy atom. The normalized spacial score (nSPS) is 8.25. The fraction of sp³-hybridized carbons (Fsp3) is 0.333. The van der Waals surface area contributed by atoms with Crippen LogP contribution in [0, 0.1) is 0 Å². The van der Waals surface area contributed by atoms with Gasteiger partial charge in [0.25, 0.3) is 0 Å². The largest absolute Gasteiger partial charge is 0.504 e. The Labute approximate surface area is 72.6 Å². The molecule has 0 unspecified atom stereocenters. The fourth-order valence-corrected chi connectivity index (χ4v) is 0.630. The molecule has 1 rings (SSSR count). The van der Waals surface area contributed by atoms with Crippen LogP contribution in [0.15, 0.2) is 24.3 Å². The van der Waals surface area contributed by atoms with Gasteiger partial charge < -0.3 is 14.6 Å². The minimum absolute atomic E-state index is 0.181. The Hall–Kier alpha value is -1.22. The molecule has 0 aliphatic rings. The summed E-state index contributed by atoms with van der Waals surface area (Å²) in [6, 6.07) is 6.84. The lowest BCUT2D eigenvalue weighted by Gasteiger charge is -1.99. The van der Waals surface area contributed by atoms with Gasteiger partial charge in [-0.1, -0.05) is 12.1 Å². The molecule has 0 saturated carbocycles. The smallest absolute Gasteiger partial charge is 0.160 e. The number of ether oxygens (including phenoxy) is 2. The lowest BCUT2D eigenvalue weighted by atomic mass is 10.3. The Kier molecular flexibility index (Phi) is 5.83. The molecule has 3 heteroatoms. The summed E-state index contributed by atoms with van der Waals surface area (Å²) in [5.41, 5.74) is 0. The van der Waals surface area contributed by atoms with Crippen LogP contribution in [0.4, 0.5) is 0 Å². The number of benzene rings is 1. The molecule has 0 amide bonds. The van der Waals surface area contributed by atoms with Crippen LogP contribution in [0.2, 0.25) is 0 Å². The van der Waals surface area contributed by atoms with E-state index in [1.165, 1.54) is 7.11 Å². The molecule has 0 spiro atoms. The van der Waals surface area contributed by atoms with E-state index in [0.29, 0.717) is 5.75 Å². The van der Waals surface area contributed by atoms with Crippen molar-refractivity contribution in [3.63, 3.8) is 0 Å². The molecule has 0 aliphatic heterocycles. The van der Waals surface area contributed by atoms with Crippen LogP contribution in [0.25, 0.3) is 0 Å². The van der Waals surface area contributed by atoms with Crippen LogP contribution in [0.3, 0.4) is 0 Å². The highest BCUT2D eigenvalue weighted by molar-refractivity contribution is 5.37. The van der Waals surface area contributed by atoms with Crippen LogP contribution in [0.5, 0.6) is 11.5 Å². The van der Waals surface area contributed by atoms with Gasteiger partial charge in [-0.3, -0.25) is 0 Å². The van der Waals surface area contributed by atoms with Crippen molar-refractivity contribution in [2.24, 2.45) is 0 Å². The van der Waals surface area contributed by atoms with E-state index in [1.807, 2.05) is 0 Å². The Morgan fingerprint density at radius 2 is 1.58 bits per heavy atom. The molecular formula is C9H14O3. The van der Waals surface area contributed by atoms with E-state index in [0.717, 1.165) is 0 Å². The van der Waals surface area contributed by atoms with E-state index in [-0.39, 0.29) is 5.75 Å². The van der Waals surface area contributed by atoms with Gasteiger partial charge in [0.2, 0.25) is 0 Å². The quantitative estimate of drug-likeness (QED) is 0.696. The second-order valence-electron chi connectivity index (χ2n) is 2.08. The van der Waals surface area contributed by atoms with Crippen LogP contribution < -0.4 is 4.74 Å². The lowest BCUT2D eigenvalue weighted by Crippen LogP contribution is -1.80. The van der Waals surface area contributed by atoms with Crippen molar-refractivity contribution in [2.75, 3.05) is 21.3 Å². The van der Waals surface area contributed by atoms with Crippen molar-refractivity contribution in [2.45, 2.75) is 0 Å². The van der Waals surface area contributed by atoms with Gasteiger partial charge in [-0.05, 0) is 12.1 Å². The highest BCUT2D eigenvalue weighted by Crippen LogP contribution is 2.22. The van der Waals surface area contributed by atoms with Crippen molar-refractivity contribution >= 4 is 0 Å². The van der Waals surface area contributed by atoms with Crippen LogP contribution >= 0.6 is 0 Å². The first-order valence-electron chi connectivity index (χ1n) is 3.48. The highest BCUT2D eigenvalue weighted by atomic mass is 16.5. The number of phenols is 1. The maximum atomic E-state index is 8.99. The van der Waals surface area contributed by atoms with E-state index < -0.39 is 0 Å². The van der Waals surface area contributed by atoms with Gasteiger partial charge in [-0.2, -0.15) is 0 Å². The van der Waals surface area contributed by atoms with Gasteiger partial charge >= 0.3 is 0 Å². The average Bonchev–Trinajstić information content (AvgIpc) is 2.07. The van der Waals surface area contributed by atoms with Crippen molar-refractivity contribution < 1.29 is 14.6 Å². The maximum Gasteiger partial charge on any atom is 0.160 e. The van der Waals surface area contributed by atoms with Gasteiger partial charge in [0.15, 0.2) is 11.5 Å². The molecule has 1 aromatic carbocycles. The van der Waals surface area contributed by atoms with Crippen molar-refractivity contribution in [1.82, 2.24) is 0 Å². The minimum Gasteiger partial charge on any atom is -0.504 e. The first-order valence-corrected chi connectivity index (χ1v) is 3.48. The summed E-state index contributed by atoms with van der Waals surface area (Å²) in [6.45, 7) is 0. The number of hydrogen-bond donors (Lipinski definition) is 1. The molecule has 0 fully saturated rings. The van der Waals surface area contributed by atoms with E-state index in [2.05, 4.69) is 4.74 Å². The van der Waals surface area contributed by atoms with Crippen molar-refractivity contribution in [3.05, 3.63) is 24.3 Å². The molecule has 0 radical (unpaired) electrons. The highest BCUT2D eigenvalue weighted by Gasteiger charge is 1.94. The zero-order valence-electron chi connectivity index (χ0n) is 7.57. The van der Waals surface area contributed by atoms with Gasteiger partial charge in [-0.25, -0.2) is 0 Å². The molecule has 68 valence electrons. The Balaban J connectivity index is 0.000000354. The van der Waals surface area contributed by atoms with E-state index in [4.69, 9.17) is 9.84 Å². The summed E-state index contributed by atoms with van der Waals surface area (Å²) < 4.78 is 9.04. The van der Waals surface area contributed by atoms with Gasteiger partial charge in [-0.15, -0.1) is 0 Å². The predicted molar refractivity (Wildman–Crippen MR) is 47.6 cm³/mol. The number of hydrogen-bond acceptors (Lipinski definition) is 3. The molecule has 3 nitrogen and oxygen atoms in total. The zero-order valence-corrected chi connectivity index (χ0v) is 7.57. The molecule has 0 aliphatic carbocycles. The van der Waals surface area contributed by atoms with E-state index in [9.17, 15) is 0 Å². The molecule has 12 heavy (non-hydrogen) atoms. The molecule has 0 heterocycles. The summed E-state index contributed by atoms with van der Waals surface area (Å²) in [4.78, 5) is 0. The summed E-state index contributed by atoms with van der Waals surface area (Å²) in [7, 11) is 4.77. The molecule has 0 aromatic heterocycles. The number of rotatable bonds is 1. The third kappa shape index (κ3) is 3.83. The second-order valence-corrected chi connectivity index (χ2v) is 2.08. The first-order chi connectivity index (χ1) is 5.76. The molecule has 0 atom stereocenters. The van der Waals surface area contributed by atoms with E-state index >= 15 is 0 Å². The summed E-state index contributed by atoms with van der Waals surface area (Å²) in [6.07, 6.45) is 0. The summed E-state index contributed by atoms with van der Waals surface area (Å²) >= 11 is 0. The average molecular weight is 170 g/mol. The van der Waals surface area contributed by atoms with Gasteiger partial charge in [0, 0.05) is 14.2 Å². The summed E-state index contributed by atoms with van der Waals surface area (Å²) in [5, 5.41) is 8.99. The maximum absolute atomic E-state index is 8.99. The Morgan fingerprint density at radius 3 is 1.92 bits per heavy atom. The standard InChI is InChI=1S/C7H8O2.C2H6O/c1-9-7-5-3-2-4-6(7)8;1-3-2/h2-5,8H,1H3;1-2H3. The Bertz CT molecular complexity index is 211. The fourth-order valence-electron chi connectivity index (χ4n) is 0.630. The molecule has 0 bridgehead atoms. The minimum atomic E-state index is 0.181. The number of para-hydroxylation sites is 2. The summed E-state index contributed by atoms with van der Waals surface area (Å²) in [5.74, 6) is 0.692. The van der Waals surface area contributed by atoms with Crippen molar-refractivity contribution in [1.29, 1.82) is 0 Å². The third-order valence-corrected chi connectivity index (χ3v) is 1.09. The predicted octanol–water partition coefficient (Wildman–Crippen LogP) is 1.66. The zero-order chi connectivity index (χ0) is 9.40. The third-order valence-electron chi connectivity index (χ3n) is 1.09. The monoisotopic (exact) mass is 170 g/mol. The molecule has 1 aromatic rings. The van der Waals surface area contributed by atoms with Crippen LogP contribution in [0.1, 0.15) is 0 Å². The number of aromatic hydroxyl groups is 1. The molecular weight excluding hydrogens is 156 g/mol. The number of phenolic OH excluding ortho intramolecular Hbond substituents is 1. The van der Waals surface area contributed by atoms with Gasteiger partial charge in [0.1, 0.15) is 0 Å². The van der Waals surface area contributed by atoms with E-state index in [1.54, 1.807) is 38.5 Å². The topological polar surface area (TPSA) is 38.7 Å².